The van der Waals surface area contributed by atoms with E-state index >= 15 is 0 Å². The number of carbonyl (C=O) groups excluding carboxylic acids is 1. The lowest BCUT2D eigenvalue weighted by molar-refractivity contribution is -0.113. The second kappa shape index (κ2) is 7.99. The summed E-state index contributed by atoms with van der Waals surface area (Å²) in [6, 6.07) is 3.49. The Balaban J connectivity index is 1.81. The van der Waals surface area contributed by atoms with Crippen LogP contribution in [0.25, 0.3) is 11.0 Å². The van der Waals surface area contributed by atoms with Crippen molar-refractivity contribution in [2.24, 2.45) is 5.92 Å². The minimum atomic E-state index is -0.233. The Bertz CT molecular complexity index is 1020. The molecule has 0 aliphatic carbocycles. The van der Waals surface area contributed by atoms with Gasteiger partial charge in [0.15, 0.2) is 11.0 Å². The average molecular weight is 389 g/mol. The van der Waals surface area contributed by atoms with E-state index in [2.05, 4.69) is 34.3 Å². The van der Waals surface area contributed by atoms with Gasteiger partial charge in [-0.05, 0) is 32.3 Å². The number of fused-ring (bicyclic) bond motifs is 1. The van der Waals surface area contributed by atoms with Crippen molar-refractivity contribution in [1.82, 2.24) is 19.7 Å². The van der Waals surface area contributed by atoms with Crippen molar-refractivity contribution in [1.29, 1.82) is 0 Å². The maximum absolute atomic E-state index is 12.9. The molecule has 1 amide bonds. The first kappa shape index (κ1) is 19.2. The molecule has 0 unspecified atom stereocenters. The van der Waals surface area contributed by atoms with Crippen LogP contribution < -0.4 is 10.9 Å². The zero-order valence-electron chi connectivity index (χ0n) is 15.8. The number of amides is 1. The Labute approximate surface area is 160 Å². The molecule has 0 aromatic carbocycles. The van der Waals surface area contributed by atoms with Crippen LogP contribution in [0.2, 0.25) is 0 Å². The summed E-state index contributed by atoms with van der Waals surface area (Å²) in [5, 5.41) is 6.96. The molecule has 3 aromatic rings. The number of thioether (sulfide) groups is 1. The van der Waals surface area contributed by atoms with Crippen LogP contribution in [0.5, 0.6) is 0 Å². The molecule has 0 spiro atoms. The van der Waals surface area contributed by atoms with E-state index in [0.29, 0.717) is 40.2 Å². The number of anilines is 1. The number of hydrogen-bond acceptors (Lipinski definition) is 6. The van der Waals surface area contributed by atoms with Gasteiger partial charge in [0.25, 0.3) is 5.56 Å². The molecule has 0 aliphatic rings. The zero-order chi connectivity index (χ0) is 19.6. The molecule has 0 saturated carbocycles. The molecule has 144 valence electrons. The molecule has 2 N–H and O–H groups in total. The summed E-state index contributed by atoms with van der Waals surface area (Å²) in [5.74, 6) is 1.34. The number of hydrogen-bond donors (Lipinski definition) is 2. The maximum atomic E-state index is 12.9. The van der Waals surface area contributed by atoms with Crippen LogP contribution in [0.15, 0.2) is 26.6 Å². The van der Waals surface area contributed by atoms with Crippen molar-refractivity contribution in [3.63, 3.8) is 0 Å². The van der Waals surface area contributed by atoms with Crippen molar-refractivity contribution in [2.45, 2.75) is 45.8 Å². The van der Waals surface area contributed by atoms with Gasteiger partial charge in [0.2, 0.25) is 5.91 Å². The summed E-state index contributed by atoms with van der Waals surface area (Å²) in [6.07, 6.45) is 0.852. The van der Waals surface area contributed by atoms with Crippen LogP contribution in [-0.4, -0.2) is 31.4 Å². The highest BCUT2D eigenvalue weighted by Gasteiger charge is 2.15. The van der Waals surface area contributed by atoms with Gasteiger partial charge in [0.05, 0.1) is 11.3 Å². The Morgan fingerprint density at radius 3 is 2.81 bits per heavy atom. The summed E-state index contributed by atoms with van der Waals surface area (Å²) in [6.45, 7) is 8.42. The van der Waals surface area contributed by atoms with E-state index in [1.807, 2.05) is 13.0 Å². The minimum absolute atomic E-state index is 0.108. The molecule has 3 heterocycles. The van der Waals surface area contributed by atoms with Gasteiger partial charge in [0, 0.05) is 18.3 Å². The Kier molecular flexibility index (Phi) is 5.69. The molecular weight excluding hydrogens is 366 g/mol. The van der Waals surface area contributed by atoms with Crippen LogP contribution in [-0.2, 0) is 11.3 Å². The standard InChI is InChI=1S/C18H23N5O3S/c1-10(2)5-6-23-17(25)16-13(7-11(3)19-16)20-18(23)27-9-15(24)21-14-8-12(4)26-22-14/h7-8,10,19H,5-6,9H2,1-4H3,(H,21,22,24). The SMILES string of the molecule is Cc1cc2nc(SCC(=O)Nc3cc(C)on3)n(CCC(C)C)c(=O)c2[nH]1. The third kappa shape index (κ3) is 4.60. The van der Waals surface area contributed by atoms with Crippen LogP contribution >= 0.6 is 11.8 Å². The van der Waals surface area contributed by atoms with Gasteiger partial charge in [-0.2, -0.15) is 0 Å². The normalized spacial score (nSPS) is 11.4. The number of aromatic nitrogens is 4. The fourth-order valence-electron chi connectivity index (χ4n) is 2.64. The van der Waals surface area contributed by atoms with E-state index in [1.54, 1.807) is 17.6 Å². The van der Waals surface area contributed by atoms with E-state index in [9.17, 15) is 9.59 Å². The summed E-state index contributed by atoms with van der Waals surface area (Å²) < 4.78 is 6.58. The molecular formula is C18H23N5O3S. The van der Waals surface area contributed by atoms with E-state index < -0.39 is 0 Å². The van der Waals surface area contributed by atoms with E-state index in [1.165, 1.54) is 11.8 Å². The van der Waals surface area contributed by atoms with Gasteiger partial charge >= 0.3 is 0 Å². The summed E-state index contributed by atoms with van der Waals surface area (Å²) in [5.41, 5.74) is 1.89. The Morgan fingerprint density at radius 2 is 2.15 bits per heavy atom. The van der Waals surface area contributed by atoms with Crippen LogP contribution in [0.4, 0.5) is 5.82 Å². The number of carbonyl (C=O) groups is 1. The molecule has 0 bridgehead atoms. The van der Waals surface area contributed by atoms with Gasteiger partial charge in [0.1, 0.15) is 11.3 Å². The van der Waals surface area contributed by atoms with Crippen LogP contribution in [0.3, 0.4) is 0 Å². The lowest BCUT2D eigenvalue weighted by atomic mass is 10.1. The summed E-state index contributed by atoms with van der Waals surface area (Å²) >= 11 is 1.24. The third-order valence-electron chi connectivity index (χ3n) is 4.00. The first-order valence-electron chi connectivity index (χ1n) is 8.79. The smallest absolute Gasteiger partial charge is 0.278 e. The van der Waals surface area contributed by atoms with Gasteiger partial charge in [-0.3, -0.25) is 14.2 Å². The molecule has 9 heteroatoms. The molecule has 0 radical (unpaired) electrons. The largest absolute Gasteiger partial charge is 0.360 e. The van der Waals surface area contributed by atoms with Gasteiger partial charge in [-0.1, -0.05) is 30.8 Å². The highest BCUT2D eigenvalue weighted by molar-refractivity contribution is 7.99. The first-order chi connectivity index (χ1) is 12.8. The van der Waals surface area contributed by atoms with Gasteiger partial charge in [-0.15, -0.1) is 0 Å². The molecule has 0 fully saturated rings. The number of nitrogens with one attached hydrogen (secondary N) is 2. The molecule has 0 aliphatic heterocycles. The first-order valence-corrected chi connectivity index (χ1v) is 9.78. The molecule has 3 aromatic heterocycles. The number of rotatable bonds is 7. The van der Waals surface area contributed by atoms with Crippen molar-refractivity contribution in [2.75, 3.05) is 11.1 Å². The highest BCUT2D eigenvalue weighted by atomic mass is 32.2. The number of H-pyrrole nitrogens is 1. The van der Waals surface area contributed by atoms with Crippen molar-refractivity contribution in [3.05, 3.63) is 33.9 Å². The highest BCUT2D eigenvalue weighted by Crippen LogP contribution is 2.20. The Hall–Kier alpha value is -2.55. The van der Waals surface area contributed by atoms with E-state index in [4.69, 9.17) is 4.52 Å². The third-order valence-corrected chi connectivity index (χ3v) is 4.97. The van der Waals surface area contributed by atoms with E-state index in [-0.39, 0.29) is 17.2 Å². The van der Waals surface area contributed by atoms with Gasteiger partial charge in [-0.25, -0.2) is 4.98 Å². The molecule has 0 saturated heterocycles. The fraction of sp³-hybridized carbons (Fsp3) is 0.444. The molecule has 3 rings (SSSR count). The second-order valence-corrected chi connectivity index (χ2v) is 7.85. The van der Waals surface area contributed by atoms with Crippen molar-refractivity contribution >= 4 is 34.5 Å². The number of aryl methyl sites for hydroxylation is 2. The van der Waals surface area contributed by atoms with Crippen LogP contribution in [0, 0.1) is 19.8 Å². The lowest BCUT2D eigenvalue weighted by Crippen LogP contribution is -2.25. The van der Waals surface area contributed by atoms with Crippen LogP contribution in [0.1, 0.15) is 31.7 Å². The lowest BCUT2D eigenvalue weighted by Gasteiger charge is -2.13. The topological polar surface area (TPSA) is 106 Å². The monoisotopic (exact) mass is 389 g/mol. The zero-order valence-corrected chi connectivity index (χ0v) is 16.6. The fourth-order valence-corrected chi connectivity index (χ4v) is 3.47. The van der Waals surface area contributed by atoms with Crippen molar-refractivity contribution < 1.29 is 9.32 Å². The molecule has 27 heavy (non-hydrogen) atoms. The minimum Gasteiger partial charge on any atom is -0.360 e. The molecule has 0 atom stereocenters. The van der Waals surface area contributed by atoms with Crippen molar-refractivity contribution in [3.8, 4) is 0 Å². The average Bonchev–Trinajstić information content (AvgIpc) is 3.17. The quantitative estimate of drug-likeness (QED) is 0.475. The second-order valence-electron chi connectivity index (χ2n) is 6.91. The number of aromatic amines is 1. The predicted molar refractivity (Wildman–Crippen MR) is 105 cm³/mol. The molecule has 8 nitrogen and oxygen atoms in total. The predicted octanol–water partition coefficient (Wildman–Crippen LogP) is 3.11. The summed E-state index contributed by atoms with van der Waals surface area (Å²) in [4.78, 5) is 32.7. The maximum Gasteiger partial charge on any atom is 0.278 e. The Morgan fingerprint density at radius 1 is 1.37 bits per heavy atom. The number of nitrogens with zero attached hydrogens (tertiary/aromatic N) is 3. The van der Waals surface area contributed by atoms with Gasteiger partial charge < -0.3 is 14.8 Å². The van der Waals surface area contributed by atoms with E-state index in [0.717, 1.165) is 12.1 Å². The summed E-state index contributed by atoms with van der Waals surface area (Å²) in [7, 11) is 0.